The van der Waals surface area contributed by atoms with Crippen LogP contribution in [0.25, 0.3) is 0 Å². The number of amides is 1. The lowest BCUT2D eigenvalue weighted by Gasteiger charge is -2.17. The molecule has 1 aliphatic rings. The number of quaternary nitrogens is 1. The Hall–Kier alpha value is -2.96. The summed E-state index contributed by atoms with van der Waals surface area (Å²) in [6, 6.07) is 13.3. The van der Waals surface area contributed by atoms with Gasteiger partial charge in [0.15, 0.2) is 0 Å². The fourth-order valence-electron chi connectivity index (χ4n) is 3.07. The van der Waals surface area contributed by atoms with Crippen molar-refractivity contribution in [2.24, 2.45) is 5.92 Å². The van der Waals surface area contributed by atoms with Crippen molar-refractivity contribution in [3.63, 3.8) is 0 Å². The van der Waals surface area contributed by atoms with E-state index in [1.165, 1.54) is 12.1 Å². The van der Waals surface area contributed by atoms with Crippen LogP contribution >= 0.6 is 0 Å². The molecule has 146 valence electrons. The number of nitrogens with one attached hydrogen (secondary N) is 1. The minimum Gasteiger partial charge on any atom is -0.457 e. The third-order valence-electron chi connectivity index (χ3n) is 4.43. The van der Waals surface area contributed by atoms with E-state index in [1.54, 1.807) is 25.3 Å². The molecule has 4 N–H and O–H groups in total. The van der Waals surface area contributed by atoms with Crippen LogP contribution in [-0.2, 0) is 16.1 Å². The maximum absolute atomic E-state index is 13.3. The molecule has 3 rings (SSSR count). The average molecular weight is 383 g/mol. The summed E-state index contributed by atoms with van der Waals surface area (Å²) in [6.07, 6.45) is 4.51. The summed E-state index contributed by atoms with van der Waals surface area (Å²) in [4.78, 5) is 12.5. The highest BCUT2D eigenvalue weighted by Gasteiger charge is 2.21. The van der Waals surface area contributed by atoms with Gasteiger partial charge >= 0.3 is 0 Å². The van der Waals surface area contributed by atoms with E-state index in [1.807, 2.05) is 30.4 Å². The Bertz CT molecular complexity index is 908. The molecule has 0 saturated carbocycles. The Morgan fingerprint density at radius 3 is 2.68 bits per heavy atom. The van der Waals surface area contributed by atoms with E-state index in [0.717, 1.165) is 11.3 Å². The van der Waals surface area contributed by atoms with Crippen LogP contribution in [0, 0.1) is 11.7 Å². The molecular weight excluding hydrogens is 359 g/mol. The van der Waals surface area contributed by atoms with Gasteiger partial charge in [0, 0.05) is 32.1 Å². The van der Waals surface area contributed by atoms with Crippen LogP contribution in [0.2, 0.25) is 0 Å². The van der Waals surface area contributed by atoms with E-state index in [9.17, 15) is 9.18 Å². The van der Waals surface area contributed by atoms with Gasteiger partial charge in [-0.2, -0.15) is 0 Å². The molecule has 2 aromatic rings. The molecule has 0 aliphatic heterocycles. The highest BCUT2D eigenvalue weighted by Crippen LogP contribution is 2.23. The van der Waals surface area contributed by atoms with Crippen molar-refractivity contribution in [2.75, 3.05) is 13.7 Å². The second kappa shape index (κ2) is 9.30. The van der Waals surface area contributed by atoms with Crippen LogP contribution in [0.4, 0.5) is 4.39 Å². The fourth-order valence-corrected chi connectivity index (χ4v) is 3.07. The van der Waals surface area contributed by atoms with Gasteiger partial charge in [0.25, 0.3) is 5.91 Å². The normalized spacial score (nSPS) is 16.2. The SMILES string of the molecule is COCC1C=CC(C(=O)NCc2cccc(Oc3cccc(F)c3)c2)=C([NH3+])C1. The van der Waals surface area contributed by atoms with Gasteiger partial charge in [0.1, 0.15) is 23.0 Å². The molecule has 0 heterocycles. The number of carbonyl (C=O) groups excluding carboxylic acids is 1. The standard InChI is InChI=1S/C22H23FN2O3/c1-27-14-16-8-9-20(21(24)11-16)22(26)25-13-15-4-2-6-18(10-15)28-19-7-3-5-17(23)12-19/h2-10,12,16H,11,13-14,24H2,1H3,(H,25,26)/p+1. The summed E-state index contributed by atoms with van der Waals surface area (Å²) in [7, 11) is 1.66. The highest BCUT2D eigenvalue weighted by molar-refractivity contribution is 5.96. The lowest BCUT2D eigenvalue weighted by atomic mass is 9.94. The molecule has 0 spiro atoms. The molecule has 1 atom stereocenters. The molecule has 1 amide bonds. The quantitative estimate of drug-likeness (QED) is 0.772. The number of benzene rings is 2. The zero-order valence-electron chi connectivity index (χ0n) is 15.8. The van der Waals surface area contributed by atoms with Gasteiger partial charge in [-0.1, -0.05) is 24.3 Å². The van der Waals surface area contributed by atoms with Crippen molar-refractivity contribution < 1.29 is 24.4 Å². The number of hydrogen-bond acceptors (Lipinski definition) is 3. The molecule has 0 saturated heterocycles. The van der Waals surface area contributed by atoms with Crippen LogP contribution in [0.5, 0.6) is 11.5 Å². The molecule has 2 aromatic carbocycles. The molecule has 0 bridgehead atoms. The topological polar surface area (TPSA) is 75.2 Å². The van der Waals surface area contributed by atoms with Gasteiger partial charge in [-0.25, -0.2) is 4.39 Å². The maximum Gasteiger partial charge on any atom is 0.257 e. The van der Waals surface area contributed by atoms with E-state index < -0.39 is 0 Å². The monoisotopic (exact) mass is 383 g/mol. The van der Waals surface area contributed by atoms with Crippen molar-refractivity contribution in [2.45, 2.75) is 13.0 Å². The Morgan fingerprint density at radius 1 is 1.21 bits per heavy atom. The Balaban J connectivity index is 1.60. The smallest absolute Gasteiger partial charge is 0.257 e. The maximum atomic E-state index is 13.3. The summed E-state index contributed by atoms with van der Waals surface area (Å²) in [5, 5.41) is 2.91. The molecule has 0 fully saturated rings. The van der Waals surface area contributed by atoms with Crippen molar-refractivity contribution >= 4 is 5.91 Å². The lowest BCUT2D eigenvalue weighted by molar-refractivity contribution is -0.309. The van der Waals surface area contributed by atoms with Crippen molar-refractivity contribution in [3.8, 4) is 11.5 Å². The molecule has 6 heteroatoms. The van der Waals surface area contributed by atoms with Crippen LogP contribution < -0.4 is 15.8 Å². The third kappa shape index (κ3) is 5.28. The number of allylic oxidation sites excluding steroid dienone is 1. The predicted octanol–water partition coefficient (Wildman–Crippen LogP) is 2.95. The van der Waals surface area contributed by atoms with Gasteiger partial charge in [-0.05, 0) is 35.9 Å². The molecule has 0 aromatic heterocycles. The van der Waals surface area contributed by atoms with E-state index in [-0.39, 0.29) is 17.6 Å². The van der Waals surface area contributed by atoms with Crippen molar-refractivity contribution in [1.82, 2.24) is 5.32 Å². The predicted molar refractivity (Wildman–Crippen MR) is 104 cm³/mol. The van der Waals surface area contributed by atoms with Crippen LogP contribution in [0.1, 0.15) is 12.0 Å². The van der Waals surface area contributed by atoms with E-state index in [4.69, 9.17) is 9.47 Å². The minimum atomic E-state index is -0.355. The molecule has 5 nitrogen and oxygen atoms in total. The number of methoxy groups -OCH3 is 1. The van der Waals surface area contributed by atoms with Crippen LogP contribution in [0.3, 0.4) is 0 Å². The molecule has 0 radical (unpaired) electrons. The number of hydrogen-bond donors (Lipinski definition) is 2. The van der Waals surface area contributed by atoms with Gasteiger partial charge in [-0.3, -0.25) is 4.79 Å². The van der Waals surface area contributed by atoms with Crippen LogP contribution in [-0.4, -0.2) is 19.6 Å². The molecular formula is C22H24FN2O3+. The lowest BCUT2D eigenvalue weighted by Crippen LogP contribution is -2.51. The van der Waals surface area contributed by atoms with Crippen molar-refractivity contribution in [1.29, 1.82) is 0 Å². The van der Waals surface area contributed by atoms with Crippen molar-refractivity contribution in [3.05, 3.63) is 83.3 Å². The Kier molecular flexibility index (Phi) is 6.57. The summed E-state index contributed by atoms with van der Waals surface area (Å²) in [5.41, 5.74) is 6.30. The summed E-state index contributed by atoms with van der Waals surface area (Å²) in [5.74, 6) is 0.742. The summed E-state index contributed by atoms with van der Waals surface area (Å²) >= 11 is 0. The fraction of sp³-hybridized carbons (Fsp3) is 0.227. The number of rotatable bonds is 7. The molecule has 1 unspecified atom stereocenters. The zero-order chi connectivity index (χ0) is 19.9. The minimum absolute atomic E-state index is 0.159. The van der Waals surface area contributed by atoms with E-state index in [0.29, 0.717) is 36.6 Å². The second-order valence-electron chi connectivity index (χ2n) is 6.69. The largest absolute Gasteiger partial charge is 0.457 e. The van der Waals surface area contributed by atoms with Gasteiger partial charge < -0.3 is 20.5 Å². The zero-order valence-corrected chi connectivity index (χ0v) is 15.8. The summed E-state index contributed by atoms with van der Waals surface area (Å²) < 4.78 is 24.1. The average Bonchev–Trinajstić information content (AvgIpc) is 2.67. The summed E-state index contributed by atoms with van der Waals surface area (Å²) in [6.45, 7) is 0.966. The highest BCUT2D eigenvalue weighted by atomic mass is 19.1. The van der Waals surface area contributed by atoms with Gasteiger partial charge in [-0.15, -0.1) is 0 Å². The number of halogens is 1. The second-order valence-corrected chi connectivity index (χ2v) is 6.69. The van der Waals surface area contributed by atoms with E-state index in [2.05, 4.69) is 11.1 Å². The number of carbonyl (C=O) groups is 1. The van der Waals surface area contributed by atoms with Crippen LogP contribution in [0.15, 0.2) is 72.0 Å². The van der Waals surface area contributed by atoms with Gasteiger partial charge in [0.05, 0.1) is 12.2 Å². The molecule has 28 heavy (non-hydrogen) atoms. The first-order chi connectivity index (χ1) is 13.5. The Morgan fingerprint density at radius 2 is 1.96 bits per heavy atom. The first-order valence-corrected chi connectivity index (χ1v) is 9.08. The number of ether oxygens (including phenoxy) is 2. The third-order valence-corrected chi connectivity index (χ3v) is 4.43. The first kappa shape index (κ1) is 19.8. The first-order valence-electron chi connectivity index (χ1n) is 9.08. The Labute approximate surface area is 163 Å². The molecule has 1 aliphatic carbocycles. The van der Waals surface area contributed by atoms with E-state index >= 15 is 0 Å². The van der Waals surface area contributed by atoms with Gasteiger partial charge in [0.2, 0.25) is 0 Å².